The summed E-state index contributed by atoms with van der Waals surface area (Å²) in [6.07, 6.45) is 8.21. The van der Waals surface area contributed by atoms with Crippen LogP contribution in [0.5, 0.6) is 23.0 Å². The van der Waals surface area contributed by atoms with Gasteiger partial charge in [-0.05, 0) is 181 Å². The van der Waals surface area contributed by atoms with Crippen molar-refractivity contribution < 1.29 is 48.2 Å². The number of rotatable bonds is 16. The van der Waals surface area contributed by atoms with E-state index in [0.717, 1.165) is 157 Å². The van der Waals surface area contributed by atoms with Crippen molar-refractivity contribution in [3.63, 3.8) is 0 Å². The fraction of sp³-hybridized carbons (Fsp3) is 0.517. The summed E-state index contributed by atoms with van der Waals surface area (Å²) in [5.74, 6) is 7.55. The Hall–Kier alpha value is -9.30. The van der Waals surface area contributed by atoms with Crippen molar-refractivity contribution in [2.75, 3.05) is 190 Å². The zero-order valence-corrected chi connectivity index (χ0v) is 69.0. The molecule has 4 N–H and O–H groups in total. The summed E-state index contributed by atoms with van der Waals surface area (Å²) in [6.45, 7) is 26.9. The summed E-state index contributed by atoms with van der Waals surface area (Å²) in [7, 11) is 10.7. The van der Waals surface area contributed by atoms with Gasteiger partial charge in [0, 0.05) is 169 Å². The maximum atomic E-state index is 12.1. The van der Waals surface area contributed by atoms with E-state index in [1.807, 2.05) is 150 Å². The van der Waals surface area contributed by atoms with Crippen molar-refractivity contribution in [3.8, 4) is 23.0 Å². The molecule has 600 valence electrons. The Labute approximate surface area is 667 Å². The van der Waals surface area contributed by atoms with E-state index in [1.54, 1.807) is 33.3 Å². The summed E-state index contributed by atoms with van der Waals surface area (Å²) in [5, 5.41) is 23.4. The number of hydrogen-bond acceptors (Lipinski definition) is 21. The first-order chi connectivity index (χ1) is 53.7. The van der Waals surface area contributed by atoms with E-state index in [0.29, 0.717) is 46.6 Å². The molecule has 3 saturated carbocycles. The van der Waals surface area contributed by atoms with Crippen LogP contribution in [0.2, 0.25) is 0 Å². The number of anilines is 6. The second-order valence-corrected chi connectivity index (χ2v) is 35.2. The molecule has 0 radical (unpaired) electrons. The van der Waals surface area contributed by atoms with Crippen molar-refractivity contribution in [1.82, 2.24) is 35.1 Å². The highest BCUT2D eigenvalue weighted by atomic mass is 79.9. The largest absolute Gasteiger partial charge is 0.496 e. The number of aromatic amines is 1. The number of amides is 2. The Morgan fingerprint density at radius 2 is 0.902 bits per heavy atom. The molecule has 7 aliphatic heterocycles. The maximum absolute atomic E-state index is 12.1. The Bertz CT molecular complexity index is 4630. The maximum Gasteiger partial charge on any atom is 0.410 e. The molecule has 8 aromatic rings. The molecule has 0 atom stereocenters. The van der Waals surface area contributed by atoms with Gasteiger partial charge in [-0.25, -0.2) is 24.5 Å². The number of aliphatic hydroxyl groups is 2. The zero-order valence-electron chi connectivity index (χ0n) is 67.4. The number of fused-ring (bicyclic) bond motifs is 2. The zero-order chi connectivity index (χ0) is 79.3. The highest BCUT2D eigenvalue weighted by molar-refractivity contribution is 9.10. The van der Waals surface area contributed by atoms with Gasteiger partial charge in [0.15, 0.2) is 0 Å². The molecule has 10 fully saturated rings. The number of likely N-dealkylation sites (tertiary alicyclic amines) is 2. The van der Waals surface area contributed by atoms with Gasteiger partial charge in [0.1, 0.15) is 51.7 Å². The molecule has 25 heteroatoms. The minimum absolute atomic E-state index is 0.0776. The molecular formula is C87H114BrN13O11. The van der Waals surface area contributed by atoms with Crippen LogP contribution in [0, 0.1) is 21.7 Å². The first-order valence-corrected chi connectivity index (χ1v) is 40.3. The molecule has 24 nitrogen and oxygen atoms in total. The van der Waals surface area contributed by atoms with Crippen LogP contribution in [0.1, 0.15) is 110 Å². The lowest BCUT2D eigenvalue weighted by molar-refractivity contribution is -0.0690. The lowest BCUT2D eigenvalue weighted by Crippen LogP contribution is -2.73. The van der Waals surface area contributed by atoms with E-state index in [2.05, 4.69) is 104 Å². The number of carbonyl (C=O) groups excluding carboxylic acids is 2. The smallest absolute Gasteiger partial charge is 0.410 e. The van der Waals surface area contributed by atoms with Crippen LogP contribution in [-0.4, -0.2) is 224 Å². The van der Waals surface area contributed by atoms with E-state index in [1.165, 1.54) is 69.7 Å². The van der Waals surface area contributed by atoms with E-state index >= 15 is 0 Å². The third-order valence-corrected chi connectivity index (χ3v) is 23.4. The summed E-state index contributed by atoms with van der Waals surface area (Å²) < 4.78 is 33.0. The first-order valence-electron chi connectivity index (χ1n) is 39.5. The van der Waals surface area contributed by atoms with Crippen molar-refractivity contribution >= 4 is 84.2 Å². The van der Waals surface area contributed by atoms with Gasteiger partial charge in [0.05, 0.1) is 79.6 Å². The SMILES string of the molecule is CC(C)(C)OC(=O)N1CC2(CCC2)C1.CN(CCO)c1ccc2nc(C3CC3)[nH]c(=O)c2c1.COc1ccccc1Br.COc1ccccc1N1CC2(C1)CN(c1nc(C3CC3)nc3ccc(N(C)CCO)cc13)C2.COc1ccccc1N1CC2(CN(C(=O)OC(C)(C)C)C2)C1.COc1ccccc1N1CC2(CNC2)C1. The van der Waals surface area contributed by atoms with Gasteiger partial charge in [0.2, 0.25) is 0 Å². The third-order valence-electron chi connectivity index (χ3n) is 22.7. The number of ether oxygens (including phenoxy) is 6. The van der Waals surface area contributed by atoms with Crippen LogP contribution in [0.3, 0.4) is 0 Å². The number of aromatic nitrogens is 4. The number of nitrogens with one attached hydrogen (secondary N) is 2. The molecule has 0 unspecified atom stereocenters. The molecule has 7 saturated heterocycles. The standard InChI is InChI=1S/C26H31N5O2.C17H24N2O3.C14H17N3O2.C12H16N2O.C11H19NO2.C7H7BrO/c1-29(11-12-32)19-9-10-21-20(13-19)25(28-24(27-21)18-7-8-18)31-16-26(17-31)14-30(15-26)22-5-3-4-6-23(22)33-2;1-16(2,3)22-15(20)19-11-17(12-19)9-18(10-17)13-7-5-6-8-14(13)21-4;1-17(6-7-18)10-4-5-12-11(8-10)14(19)16-13(15-12)9-2-3-9;1-15-11-5-3-2-4-10(11)14-8-12(9-14)6-13-7-12;1-10(2,3)14-9(13)12-7-11(8-12)5-4-6-11;1-9-7-5-3-2-4-6(7)8/h3-6,9-10,13,18,32H,7-8,11-12,14-17H2,1-2H3;5-8H,9-12H2,1-4H3;4-5,8-9,18H,2-3,6-7H2,1H3,(H,15,16,19);2-5,13H,6-9H2,1H3;4-8H2,1-3H3;2-5H,1H3. The predicted octanol–water partition coefficient (Wildman–Crippen LogP) is 13.2. The minimum atomic E-state index is -0.428. The number of benzene rings is 6. The van der Waals surface area contributed by atoms with Gasteiger partial charge in [-0.3, -0.25) is 4.79 Å². The van der Waals surface area contributed by atoms with E-state index in [9.17, 15) is 19.5 Å². The Balaban J connectivity index is 0.000000123. The highest BCUT2D eigenvalue weighted by Crippen LogP contribution is 2.51. The fourth-order valence-corrected chi connectivity index (χ4v) is 16.6. The summed E-state index contributed by atoms with van der Waals surface area (Å²) in [5.41, 5.74) is 8.06. The molecule has 18 rings (SSSR count). The topological polar surface area (TPSA) is 239 Å². The average Bonchev–Trinajstić information content (AvgIpc) is 0.767. The highest BCUT2D eigenvalue weighted by Gasteiger charge is 2.56. The molecule has 4 spiro atoms. The van der Waals surface area contributed by atoms with Gasteiger partial charge < -0.3 is 88.1 Å². The van der Waals surface area contributed by atoms with E-state index < -0.39 is 5.60 Å². The molecule has 10 aliphatic rings. The van der Waals surface area contributed by atoms with Crippen LogP contribution in [0.25, 0.3) is 21.8 Å². The Morgan fingerprint density at radius 1 is 0.500 bits per heavy atom. The van der Waals surface area contributed by atoms with Gasteiger partial charge in [0.25, 0.3) is 5.56 Å². The lowest BCUT2D eigenvalue weighted by Gasteiger charge is -2.61. The molecule has 2 aromatic heterocycles. The number of nitrogens with zero attached hydrogens (tertiary/aromatic N) is 11. The number of hydrogen-bond donors (Lipinski definition) is 4. The minimum Gasteiger partial charge on any atom is -0.496 e. The second-order valence-electron chi connectivity index (χ2n) is 34.3. The Morgan fingerprint density at radius 3 is 1.29 bits per heavy atom. The molecule has 9 heterocycles. The first kappa shape index (κ1) is 80.7. The van der Waals surface area contributed by atoms with Crippen molar-refractivity contribution in [3.05, 3.63) is 160 Å². The Kier molecular flexibility index (Phi) is 24.4. The molecule has 6 aromatic carbocycles. The van der Waals surface area contributed by atoms with Crippen molar-refractivity contribution in [1.29, 1.82) is 0 Å². The number of para-hydroxylation sites is 7. The van der Waals surface area contributed by atoms with E-state index in [4.69, 9.17) is 43.5 Å². The number of likely N-dealkylation sites (N-methyl/N-ethyl adjacent to an activating group) is 2. The summed E-state index contributed by atoms with van der Waals surface area (Å²) in [4.78, 5) is 70.2. The van der Waals surface area contributed by atoms with Crippen LogP contribution in [-0.2, 0) is 9.47 Å². The molecule has 2 amide bonds. The number of carbonyl (C=O) groups is 2. The van der Waals surface area contributed by atoms with Gasteiger partial charge in [-0.2, -0.15) is 0 Å². The number of H-pyrrole nitrogens is 1. The second kappa shape index (κ2) is 33.8. The molecule has 112 heavy (non-hydrogen) atoms. The summed E-state index contributed by atoms with van der Waals surface area (Å²) >= 11 is 3.33. The third kappa shape index (κ3) is 18.8. The van der Waals surface area contributed by atoms with E-state index in [-0.39, 0.29) is 42.0 Å². The lowest BCUT2D eigenvalue weighted by atomic mass is 9.64. The predicted molar refractivity (Wildman–Crippen MR) is 447 cm³/mol. The quantitative estimate of drug-likeness (QED) is 0.0703. The van der Waals surface area contributed by atoms with Crippen LogP contribution in [0.15, 0.2) is 143 Å². The van der Waals surface area contributed by atoms with Gasteiger partial charge in [-0.15, -0.1) is 0 Å². The molecule has 3 aliphatic carbocycles. The van der Waals surface area contributed by atoms with Crippen LogP contribution < -0.4 is 59.2 Å². The van der Waals surface area contributed by atoms with Crippen LogP contribution in [0.4, 0.5) is 43.8 Å². The average molecular weight is 1600 g/mol. The molecule has 0 bridgehead atoms. The van der Waals surface area contributed by atoms with Gasteiger partial charge >= 0.3 is 12.2 Å². The van der Waals surface area contributed by atoms with Crippen LogP contribution >= 0.6 is 15.9 Å². The van der Waals surface area contributed by atoms with Gasteiger partial charge in [-0.1, -0.05) is 55.0 Å². The fourth-order valence-electron chi connectivity index (χ4n) is 16.1. The number of methoxy groups -OCH3 is 4. The summed E-state index contributed by atoms with van der Waals surface area (Å²) in [6, 6.07) is 44.3. The number of halogens is 1. The van der Waals surface area contributed by atoms with Crippen molar-refractivity contribution in [2.45, 2.75) is 110 Å². The monoisotopic (exact) mass is 1600 g/mol. The normalized spacial score (nSPS) is 18.6. The molecular weight excluding hydrogens is 1480 g/mol. The number of aliphatic hydroxyl groups excluding tert-OH is 2. The van der Waals surface area contributed by atoms with Crippen molar-refractivity contribution in [2.24, 2.45) is 21.7 Å².